The number of rotatable bonds is 6. The third kappa shape index (κ3) is 3.43. The highest BCUT2D eigenvalue weighted by molar-refractivity contribution is 5.45. The summed E-state index contributed by atoms with van der Waals surface area (Å²) in [5, 5.41) is 4.29. The number of hydrogen-bond donors (Lipinski definition) is 0. The number of aromatic nitrogens is 4. The summed E-state index contributed by atoms with van der Waals surface area (Å²) < 4.78 is 16.0. The van der Waals surface area contributed by atoms with Crippen LogP contribution in [0.25, 0.3) is 0 Å². The van der Waals surface area contributed by atoms with Crippen molar-refractivity contribution in [1.82, 2.24) is 19.7 Å². The van der Waals surface area contributed by atoms with E-state index in [1.54, 1.807) is 0 Å². The molecule has 0 spiro atoms. The fourth-order valence-electron chi connectivity index (χ4n) is 2.86. The Kier molecular flexibility index (Phi) is 4.73. The van der Waals surface area contributed by atoms with Gasteiger partial charge in [-0.25, -0.2) is 9.37 Å². The topological polar surface area (TPSA) is 50.1 Å². The van der Waals surface area contributed by atoms with Gasteiger partial charge in [-0.05, 0) is 26.7 Å². The first-order chi connectivity index (χ1) is 11.2. The highest BCUT2D eigenvalue weighted by atomic mass is 19.1. The molecule has 2 aromatic rings. The Morgan fingerprint density at radius 3 is 2.65 bits per heavy atom. The van der Waals surface area contributed by atoms with Crippen LogP contribution in [0.5, 0.6) is 0 Å². The minimum absolute atomic E-state index is 0.342. The van der Waals surface area contributed by atoms with Crippen molar-refractivity contribution in [3.63, 3.8) is 0 Å². The van der Waals surface area contributed by atoms with E-state index < -0.39 is 0 Å². The molecule has 1 saturated heterocycles. The van der Waals surface area contributed by atoms with E-state index in [0.29, 0.717) is 18.3 Å². The lowest BCUT2D eigenvalue weighted by molar-refractivity contribution is 0.605. The average Bonchev–Trinajstić information content (AvgIpc) is 3.25. The fourth-order valence-corrected chi connectivity index (χ4v) is 2.86. The molecule has 0 N–H and O–H groups in total. The first kappa shape index (κ1) is 15.7. The molecule has 0 unspecified atom stereocenters. The van der Waals surface area contributed by atoms with E-state index in [1.165, 1.54) is 6.20 Å². The second kappa shape index (κ2) is 6.93. The monoisotopic (exact) mass is 318 g/mol. The summed E-state index contributed by atoms with van der Waals surface area (Å²) in [5.74, 6) is 0.653. The van der Waals surface area contributed by atoms with Crippen molar-refractivity contribution in [2.45, 2.75) is 39.8 Å². The van der Waals surface area contributed by atoms with Gasteiger partial charge in [-0.3, -0.25) is 4.68 Å². The van der Waals surface area contributed by atoms with E-state index in [1.807, 2.05) is 33.8 Å². The van der Waals surface area contributed by atoms with E-state index in [-0.39, 0.29) is 5.82 Å². The number of halogens is 1. The molecular formula is C16H23FN6. The van der Waals surface area contributed by atoms with E-state index in [2.05, 4.69) is 22.0 Å². The number of aryl methyl sites for hydroxylation is 1. The number of anilines is 2. The minimum Gasteiger partial charge on any atom is -0.354 e. The summed E-state index contributed by atoms with van der Waals surface area (Å²) in [4.78, 5) is 12.7. The standard InChI is InChI=1S/C16H23FN6/c1-3-21(11-13-9-19-23(4-2)12-13)16-18-10-14(17)15(20-16)22-7-5-6-8-22/h9-10,12H,3-8,11H2,1-2H3. The second-order valence-electron chi connectivity index (χ2n) is 5.75. The van der Waals surface area contributed by atoms with Crippen molar-refractivity contribution in [3.8, 4) is 0 Å². The lowest BCUT2D eigenvalue weighted by Gasteiger charge is -2.23. The minimum atomic E-state index is -0.342. The van der Waals surface area contributed by atoms with E-state index in [0.717, 1.165) is 44.6 Å². The molecule has 0 aliphatic carbocycles. The van der Waals surface area contributed by atoms with Gasteiger partial charge in [0.05, 0.1) is 12.4 Å². The molecule has 3 heterocycles. The van der Waals surface area contributed by atoms with Gasteiger partial charge in [0.2, 0.25) is 5.95 Å². The van der Waals surface area contributed by atoms with Gasteiger partial charge in [0.1, 0.15) is 0 Å². The molecular weight excluding hydrogens is 295 g/mol. The molecule has 1 aliphatic heterocycles. The highest BCUT2D eigenvalue weighted by Crippen LogP contribution is 2.23. The maximum absolute atomic E-state index is 14.1. The first-order valence-corrected chi connectivity index (χ1v) is 8.25. The SMILES string of the molecule is CCN(Cc1cnn(CC)c1)c1ncc(F)c(N2CCCC2)n1. The summed E-state index contributed by atoms with van der Waals surface area (Å²) in [6.45, 7) is 8.10. The summed E-state index contributed by atoms with van der Waals surface area (Å²) in [6.07, 6.45) is 7.34. The van der Waals surface area contributed by atoms with Crippen LogP contribution in [0.4, 0.5) is 16.2 Å². The molecule has 1 aliphatic rings. The molecule has 1 fully saturated rings. The van der Waals surface area contributed by atoms with Crippen LogP contribution in [0, 0.1) is 5.82 Å². The van der Waals surface area contributed by atoms with E-state index >= 15 is 0 Å². The van der Waals surface area contributed by atoms with Crippen LogP contribution in [0.1, 0.15) is 32.3 Å². The Morgan fingerprint density at radius 1 is 1.22 bits per heavy atom. The van der Waals surface area contributed by atoms with E-state index in [4.69, 9.17) is 0 Å². The van der Waals surface area contributed by atoms with Gasteiger partial charge < -0.3 is 9.80 Å². The van der Waals surface area contributed by atoms with Gasteiger partial charge in [0, 0.05) is 44.5 Å². The van der Waals surface area contributed by atoms with Crippen LogP contribution in [0.3, 0.4) is 0 Å². The summed E-state index contributed by atoms with van der Waals surface area (Å²) >= 11 is 0. The zero-order valence-corrected chi connectivity index (χ0v) is 13.7. The summed E-state index contributed by atoms with van der Waals surface area (Å²) in [6, 6.07) is 0. The highest BCUT2D eigenvalue weighted by Gasteiger charge is 2.20. The van der Waals surface area contributed by atoms with Crippen molar-refractivity contribution in [2.75, 3.05) is 29.4 Å². The van der Waals surface area contributed by atoms with Crippen LogP contribution in [-0.2, 0) is 13.1 Å². The van der Waals surface area contributed by atoms with Crippen molar-refractivity contribution in [2.24, 2.45) is 0 Å². The second-order valence-corrected chi connectivity index (χ2v) is 5.75. The van der Waals surface area contributed by atoms with Crippen molar-refractivity contribution in [1.29, 1.82) is 0 Å². The van der Waals surface area contributed by atoms with Crippen molar-refractivity contribution in [3.05, 3.63) is 30.0 Å². The molecule has 0 atom stereocenters. The van der Waals surface area contributed by atoms with Crippen LogP contribution in [-0.4, -0.2) is 39.4 Å². The Balaban J connectivity index is 1.81. The third-order valence-electron chi connectivity index (χ3n) is 4.17. The molecule has 0 amide bonds. The number of nitrogens with zero attached hydrogens (tertiary/aromatic N) is 6. The fraction of sp³-hybridized carbons (Fsp3) is 0.562. The van der Waals surface area contributed by atoms with Gasteiger partial charge in [-0.1, -0.05) is 0 Å². The molecule has 23 heavy (non-hydrogen) atoms. The molecule has 3 rings (SSSR count). The Morgan fingerprint density at radius 2 is 2.00 bits per heavy atom. The third-order valence-corrected chi connectivity index (χ3v) is 4.17. The lowest BCUT2D eigenvalue weighted by Crippen LogP contribution is -2.27. The molecule has 0 bridgehead atoms. The molecule has 2 aromatic heterocycles. The summed E-state index contributed by atoms with van der Waals surface area (Å²) in [5.41, 5.74) is 1.10. The lowest BCUT2D eigenvalue weighted by atomic mass is 10.3. The largest absolute Gasteiger partial charge is 0.354 e. The maximum Gasteiger partial charge on any atom is 0.227 e. The van der Waals surface area contributed by atoms with Crippen molar-refractivity contribution >= 4 is 11.8 Å². The first-order valence-electron chi connectivity index (χ1n) is 8.25. The zero-order valence-electron chi connectivity index (χ0n) is 13.7. The molecule has 6 nitrogen and oxygen atoms in total. The van der Waals surface area contributed by atoms with Gasteiger partial charge in [-0.15, -0.1) is 0 Å². The average molecular weight is 318 g/mol. The van der Waals surface area contributed by atoms with Crippen LogP contribution in [0.2, 0.25) is 0 Å². The predicted octanol–water partition coefficient (Wildman–Crippen LogP) is 2.46. The molecule has 7 heteroatoms. The van der Waals surface area contributed by atoms with E-state index in [9.17, 15) is 4.39 Å². The van der Waals surface area contributed by atoms with Gasteiger partial charge in [0.15, 0.2) is 11.6 Å². The van der Waals surface area contributed by atoms with Crippen LogP contribution < -0.4 is 9.80 Å². The quantitative estimate of drug-likeness (QED) is 0.819. The van der Waals surface area contributed by atoms with Crippen LogP contribution >= 0.6 is 0 Å². The maximum atomic E-state index is 14.1. The van der Waals surface area contributed by atoms with Gasteiger partial charge in [0.25, 0.3) is 0 Å². The molecule has 124 valence electrons. The Labute approximate surface area is 135 Å². The van der Waals surface area contributed by atoms with Crippen LogP contribution in [0.15, 0.2) is 18.6 Å². The Hall–Kier alpha value is -2.18. The smallest absolute Gasteiger partial charge is 0.227 e. The summed E-state index contributed by atoms with van der Waals surface area (Å²) in [7, 11) is 0. The predicted molar refractivity (Wildman–Crippen MR) is 88.1 cm³/mol. The molecule has 0 aromatic carbocycles. The molecule has 0 saturated carbocycles. The zero-order chi connectivity index (χ0) is 16.2. The number of hydrogen-bond acceptors (Lipinski definition) is 5. The Bertz CT molecular complexity index is 650. The molecule has 0 radical (unpaired) electrons. The normalized spacial score (nSPS) is 14.5. The van der Waals surface area contributed by atoms with Crippen molar-refractivity contribution < 1.29 is 4.39 Å². The van der Waals surface area contributed by atoms with Gasteiger partial charge in [-0.2, -0.15) is 10.1 Å². The van der Waals surface area contributed by atoms with Gasteiger partial charge >= 0.3 is 0 Å².